The first-order chi connectivity index (χ1) is 14.5. The number of fused-ring (bicyclic) bond motifs is 1. The van der Waals surface area contributed by atoms with Gasteiger partial charge in [0.2, 0.25) is 5.96 Å². The van der Waals surface area contributed by atoms with Crippen molar-refractivity contribution in [3.8, 4) is 24.1 Å². The van der Waals surface area contributed by atoms with Crippen LogP contribution in [0.4, 0.5) is 17.3 Å². The van der Waals surface area contributed by atoms with Crippen LogP contribution in [0.15, 0.2) is 27.7 Å². The molecule has 0 amide bonds. The molecular weight excluding hydrogens is 450 g/mol. The minimum atomic E-state index is -0.722. The molecule has 6 N–H and O–H groups in total. The molecule has 1 unspecified atom stereocenters. The summed E-state index contributed by atoms with van der Waals surface area (Å²) in [5.41, 5.74) is 13.4. The lowest BCUT2D eigenvalue weighted by molar-refractivity contribution is 0.308. The number of halogens is 1. The van der Waals surface area contributed by atoms with Crippen LogP contribution in [0.2, 0.25) is 0 Å². The molecule has 1 aliphatic heterocycles. The lowest BCUT2D eigenvalue weighted by Gasteiger charge is -2.27. The maximum atomic E-state index is 9.44. The fraction of sp³-hybridized carbons (Fsp3) is 0.211. The number of pyridine rings is 1. The topological polar surface area (TPSA) is 182 Å². The lowest BCUT2D eigenvalue weighted by Crippen LogP contribution is -2.33. The number of nitrogens with one attached hydrogen (secondary N) is 2. The van der Waals surface area contributed by atoms with E-state index in [1.54, 1.807) is 6.07 Å². The molecule has 0 aliphatic carbocycles. The number of nitrogens with zero attached hydrogens (tertiary/aromatic N) is 5. The van der Waals surface area contributed by atoms with Gasteiger partial charge in [0.25, 0.3) is 0 Å². The van der Waals surface area contributed by atoms with Crippen LogP contribution in [0.3, 0.4) is 0 Å². The zero-order valence-electron chi connectivity index (χ0n) is 15.6. The molecule has 1 atom stereocenters. The zero-order valence-corrected chi connectivity index (χ0v) is 17.2. The lowest BCUT2D eigenvalue weighted by atomic mass is 9.94. The summed E-state index contributed by atoms with van der Waals surface area (Å²) >= 11 is 3.45. The van der Waals surface area contributed by atoms with Gasteiger partial charge in [-0.15, -0.1) is 0 Å². The van der Waals surface area contributed by atoms with E-state index in [0.29, 0.717) is 36.3 Å². The number of hydrogen-bond acceptors (Lipinski definition) is 10. The zero-order chi connectivity index (χ0) is 21.7. The number of nitrogen functional groups attached to an aromatic ring is 2. The predicted octanol–water partition coefficient (Wildman–Crippen LogP) is 2.50. The smallest absolute Gasteiger partial charge is 0.211 e. The summed E-state index contributed by atoms with van der Waals surface area (Å²) in [6.45, 7) is 0.339. The highest BCUT2D eigenvalue weighted by Gasteiger charge is 2.31. The Hall–Kier alpha value is -4.01. The number of aliphatic imine (C=N–C) groups is 1. The van der Waals surface area contributed by atoms with E-state index in [-0.39, 0.29) is 28.8 Å². The van der Waals surface area contributed by atoms with E-state index in [1.165, 1.54) is 0 Å². The van der Waals surface area contributed by atoms with Crippen molar-refractivity contribution in [2.24, 2.45) is 4.99 Å². The number of hydrogen-bond donors (Lipinski definition) is 4. The number of benzene rings is 1. The van der Waals surface area contributed by atoms with Crippen LogP contribution < -0.4 is 26.8 Å². The molecule has 10 nitrogen and oxygen atoms in total. The van der Waals surface area contributed by atoms with Gasteiger partial charge in [-0.25, -0.2) is 9.98 Å². The number of ether oxygens (including phenoxy) is 1. The van der Waals surface area contributed by atoms with Gasteiger partial charge in [-0.05, 0) is 24.6 Å². The van der Waals surface area contributed by atoms with E-state index in [0.717, 1.165) is 4.47 Å². The molecule has 2 aromatic rings. The van der Waals surface area contributed by atoms with Gasteiger partial charge in [0, 0.05) is 22.0 Å². The Kier molecular flexibility index (Phi) is 6.21. The fourth-order valence-electron chi connectivity index (χ4n) is 3.00. The Bertz CT molecular complexity index is 1140. The molecule has 2 heterocycles. The highest BCUT2D eigenvalue weighted by molar-refractivity contribution is 9.10. The summed E-state index contributed by atoms with van der Waals surface area (Å²) in [4.78, 5) is 8.78. The van der Waals surface area contributed by atoms with Crippen LogP contribution in [0, 0.1) is 34.1 Å². The molecule has 0 radical (unpaired) electrons. The van der Waals surface area contributed by atoms with Crippen molar-refractivity contribution in [2.45, 2.75) is 18.9 Å². The van der Waals surface area contributed by atoms with E-state index in [4.69, 9.17) is 26.7 Å². The average molecular weight is 466 g/mol. The van der Waals surface area contributed by atoms with Crippen molar-refractivity contribution >= 4 is 39.2 Å². The van der Waals surface area contributed by atoms with Gasteiger partial charge < -0.3 is 21.5 Å². The van der Waals surface area contributed by atoms with Crippen LogP contribution in [0.25, 0.3) is 0 Å². The Balaban J connectivity index is 2.16. The highest BCUT2D eigenvalue weighted by atomic mass is 79.9. The van der Waals surface area contributed by atoms with Crippen LogP contribution >= 0.6 is 15.9 Å². The minimum Gasteiger partial charge on any atom is -0.493 e. The second kappa shape index (κ2) is 8.99. The number of nitriles is 3. The summed E-state index contributed by atoms with van der Waals surface area (Å²) in [7, 11) is 0. The van der Waals surface area contributed by atoms with Gasteiger partial charge in [0.1, 0.15) is 35.1 Å². The van der Waals surface area contributed by atoms with Crippen molar-refractivity contribution in [2.75, 3.05) is 23.4 Å². The first-order valence-corrected chi connectivity index (χ1v) is 9.57. The number of rotatable bonds is 5. The largest absolute Gasteiger partial charge is 0.493 e. The molecular formula is C19H16BrN9O. The van der Waals surface area contributed by atoms with Crippen LogP contribution in [-0.4, -0.2) is 17.6 Å². The fourth-order valence-corrected chi connectivity index (χ4v) is 3.38. The summed E-state index contributed by atoms with van der Waals surface area (Å²) in [6, 6.07) is 8.72. The molecule has 0 bridgehead atoms. The molecule has 150 valence electrons. The summed E-state index contributed by atoms with van der Waals surface area (Å²) in [5, 5.41) is 32.5. The first kappa shape index (κ1) is 20.7. The van der Waals surface area contributed by atoms with Gasteiger partial charge in [0.15, 0.2) is 6.19 Å². The Morgan fingerprint density at radius 3 is 2.77 bits per heavy atom. The Morgan fingerprint density at radius 2 is 2.07 bits per heavy atom. The van der Waals surface area contributed by atoms with E-state index < -0.39 is 6.04 Å². The monoisotopic (exact) mass is 465 g/mol. The molecule has 1 aliphatic rings. The normalized spacial score (nSPS) is 14.2. The van der Waals surface area contributed by atoms with Gasteiger partial charge in [0.05, 0.1) is 18.4 Å². The molecule has 3 rings (SSSR count). The number of nitrogens with two attached hydrogens (primary N) is 2. The van der Waals surface area contributed by atoms with E-state index in [2.05, 4.69) is 42.6 Å². The van der Waals surface area contributed by atoms with Gasteiger partial charge in [-0.2, -0.15) is 15.8 Å². The summed E-state index contributed by atoms with van der Waals surface area (Å²) < 4.78 is 6.65. The Labute approximate surface area is 180 Å². The van der Waals surface area contributed by atoms with Crippen LogP contribution in [0.1, 0.15) is 35.6 Å². The molecule has 1 aromatic carbocycles. The quantitative estimate of drug-likeness (QED) is 0.292. The molecule has 11 heteroatoms. The van der Waals surface area contributed by atoms with Gasteiger partial charge >= 0.3 is 0 Å². The van der Waals surface area contributed by atoms with Crippen molar-refractivity contribution in [3.63, 3.8) is 0 Å². The average Bonchev–Trinajstić information content (AvgIpc) is 2.72. The third-order valence-corrected chi connectivity index (χ3v) is 4.81. The van der Waals surface area contributed by atoms with Gasteiger partial charge in [-0.3, -0.25) is 5.32 Å². The van der Waals surface area contributed by atoms with Crippen LogP contribution in [0.5, 0.6) is 5.75 Å². The molecule has 0 fully saturated rings. The molecule has 0 saturated carbocycles. The van der Waals surface area contributed by atoms with Crippen LogP contribution in [-0.2, 0) is 0 Å². The van der Waals surface area contributed by atoms with Crippen molar-refractivity contribution in [3.05, 3.63) is 39.4 Å². The van der Waals surface area contributed by atoms with Crippen molar-refractivity contribution in [1.29, 1.82) is 15.8 Å². The molecule has 0 saturated heterocycles. The van der Waals surface area contributed by atoms with E-state index in [1.807, 2.05) is 24.4 Å². The summed E-state index contributed by atoms with van der Waals surface area (Å²) in [5.74, 6) is 0.947. The second-order valence-corrected chi connectivity index (χ2v) is 7.11. The van der Waals surface area contributed by atoms with Crippen molar-refractivity contribution in [1.82, 2.24) is 10.3 Å². The standard InChI is InChI=1S/C19H16BrN9O/c20-10-3-4-13(30-6-2-1-5-21)11(7-10)16-14-15(24)12(8-22)17(25)28-18(14)29-19(27-16)26-9-23/h3-4,7,16H,1-2,6H2,(H6,24,25,26,27,28,29). The predicted molar refractivity (Wildman–Crippen MR) is 114 cm³/mol. The number of guanidine groups is 1. The number of aromatic nitrogens is 1. The first-order valence-electron chi connectivity index (χ1n) is 8.78. The van der Waals surface area contributed by atoms with E-state index in [9.17, 15) is 5.26 Å². The highest BCUT2D eigenvalue weighted by Crippen LogP contribution is 2.43. The maximum Gasteiger partial charge on any atom is 0.211 e. The molecule has 0 spiro atoms. The molecule has 1 aromatic heterocycles. The van der Waals surface area contributed by atoms with Crippen molar-refractivity contribution < 1.29 is 4.74 Å². The van der Waals surface area contributed by atoms with E-state index >= 15 is 0 Å². The third kappa shape index (κ3) is 4.04. The second-order valence-electron chi connectivity index (χ2n) is 6.19. The molecule has 30 heavy (non-hydrogen) atoms. The third-order valence-electron chi connectivity index (χ3n) is 4.31. The Morgan fingerprint density at radius 1 is 1.27 bits per heavy atom. The number of unbranched alkanes of at least 4 members (excludes halogenated alkanes) is 1. The number of anilines is 3. The summed E-state index contributed by atoms with van der Waals surface area (Å²) in [6.07, 6.45) is 2.75. The minimum absolute atomic E-state index is 0.0274. The SMILES string of the molecule is N#CCCCOc1ccc(Br)cc1C1N=C(NC#N)Nc2nc(N)c(C#N)c(N)c21. The maximum absolute atomic E-state index is 9.44. The van der Waals surface area contributed by atoms with Gasteiger partial charge in [-0.1, -0.05) is 15.9 Å².